The summed E-state index contributed by atoms with van der Waals surface area (Å²) in [5.41, 5.74) is 1.60. The summed E-state index contributed by atoms with van der Waals surface area (Å²) < 4.78 is 5.47. The minimum Gasteiger partial charge on any atom is -0.461 e. The number of unbranched alkanes of at least 4 members (excludes halogenated alkanes) is 1. The van der Waals surface area contributed by atoms with Crippen molar-refractivity contribution in [2.75, 3.05) is 6.61 Å². The third-order valence-corrected chi connectivity index (χ3v) is 6.24. The van der Waals surface area contributed by atoms with E-state index in [1.165, 1.54) is 29.1 Å². The lowest BCUT2D eigenvalue weighted by Crippen LogP contribution is -2.14. The second kappa shape index (κ2) is 7.86. The molecule has 1 unspecified atom stereocenters. The molecule has 0 radical (unpaired) electrons. The summed E-state index contributed by atoms with van der Waals surface area (Å²) in [7, 11) is 0. The van der Waals surface area contributed by atoms with E-state index in [4.69, 9.17) is 4.74 Å². The van der Waals surface area contributed by atoms with E-state index < -0.39 is 0 Å². The molecular weight excluding hydrogens is 302 g/mol. The summed E-state index contributed by atoms with van der Waals surface area (Å²) in [6, 6.07) is 2.19. The van der Waals surface area contributed by atoms with Crippen molar-refractivity contribution in [2.24, 2.45) is 5.92 Å². The van der Waals surface area contributed by atoms with Gasteiger partial charge in [0.1, 0.15) is 10.9 Å². The van der Waals surface area contributed by atoms with Crippen molar-refractivity contribution in [1.82, 2.24) is 0 Å². The fraction of sp³-hybridized carbons (Fsp3) is 0.625. The minimum atomic E-state index is -0.314. The molecule has 1 aliphatic rings. The van der Waals surface area contributed by atoms with Crippen LogP contribution in [-0.2, 0) is 16.2 Å². The number of fused-ring (bicyclic) bond motifs is 1. The number of thioether (sulfide) groups is 1. The second-order valence-electron chi connectivity index (χ2n) is 5.33. The number of esters is 1. The van der Waals surface area contributed by atoms with Gasteiger partial charge in [-0.15, -0.1) is 11.3 Å². The molecule has 2 rings (SSSR count). The molecule has 1 atom stereocenters. The van der Waals surface area contributed by atoms with E-state index in [1.54, 1.807) is 11.8 Å². The normalized spacial score (nSPS) is 14.5. The van der Waals surface area contributed by atoms with E-state index in [0.29, 0.717) is 23.0 Å². The summed E-state index contributed by atoms with van der Waals surface area (Å²) in [6.45, 7) is 4.77. The Morgan fingerprint density at radius 2 is 2.24 bits per heavy atom. The van der Waals surface area contributed by atoms with Crippen molar-refractivity contribution < 1.29 is 9.53 Å². The fourth-order valence-corrected chi connectivity index (χ4v) is 4.96. The summed E-state index contributed by atoms with van der Waals surface area (Å²) in [5, 5.41) is 9.30. The number of carbonyl (C=O) groups is 1. The number of carbonyl (C=O) groups excluding carboxylic acids is 1. The molecule has 0 aromatic carbocycles. The summed E-state index contributed by atoms with van der Waals surface area (Å²) in [4.78, 5) is 13.9. The van der Waals surface area contributed by atoms with Crippen LogP contribution in [0.1, 0.15) is 65.2 Å². The van der Waals surface area contributed by atoms with Gasteiger partial charge in [-0.2, -0.15) is 17.0 Å². The van der Waals surface area contributed by atoms with Gasteiger partial charge in [-0.25, -0.2) is 4.79 Å². The van der Waals surface area contributed by atoms with E-state index in [9.17, 15) is 10.1 Å². The van der Waals surface area contributed by atoms with Crippen molar-refractivity contribution in [2.45, 2.75) is 51.0 Å². The van der Waals surface area contributed by atoms with Crippen LogP contribution in [-0.4, -0.2) is 12.6 Å². The summed E-state index contributed by atoms with van der Waals surface area (Å²) in [6.07, 6.45) is 4.46. The second-order valence-corrected chi connectivity index (χ2v) is 7.42. The van der Waals surface area contributed by atoms with Gasteiger partial charge in [0.2, 0.25) is 0 Å². The van der Waals surface area contributed by atoms with Crippen LogP contribution >= 0.6 is 23.1 Å². The fourth-order valence-electron chi connectivity index (χ4n) is 2.45. The van der Waals surface area contributed by atoms with Crippen LogP contribution in [0.2, 0.25) is 0 Å². The molecule has 1 aromatic heterocycles. The van der Waals surface area contributed by atoms with Crippen molar-refractivity contribution in [1.29, 1.82) is 5.26 Å². The summed E-state index contributed by atoms with van der Waals surface area (Å²) >= 11 is 3.24. The number of nitrogens with zero attached hydrogens (tertiary/aromatic N) is 1. The molecule has 0 aliphatic carbocycles. The van der Waals surface area contributed by atoms with Crippen LogP contribution in [0, 0.1) is 17.2 Å². The molecule has 0 saturated carbocycles. The topological polar surface area (TPSA) is 50.1 Å². The highest BCUT2D eigenvalue weighted by molar-refractivity contribution is 7.98. The van der Waals surface area contributed by atoms with Gasteiger partial charge >= 0.3 is 5.97 Å². The number of ether oxygens (including phenoxy) is 1. The van der Waals surface area contributed by atoms with Crippen LogP contribution in [0.15, 0.2) is 0 Å². The first-order valence-corrected chi connectivity index (χ1v) is 9.47. The number of nitriles is 1. The lowest BCUT2D eigenvalue weighted by atomic mass is 10.0. The Morgan fingerprint density at radius 3 is 2.90 bits per heavy atom. The van der Waals surface area contributed by atoms with Gasteiger partial charge in [0.05, 0.1) is 12.2 Å². The van der Waals surface area contributed by atoms with E-state index in [2.05, 4.69) is 19.9 Å². The summed E-state index contributed by atoms with van der Waals surface area (Å²) in [5.74, 6) is 1.87. The first kappa shape index (κ1) is 16.4. The van der Waals surface area contributed by atoms with Crippen LogP contribution in [0.25, 0.3) is 0 Å². The Morgan fingerprint density at radius 1 is 1.43 bits per heavy atom. The first-order valence-electron chi connectivity index (χ1n) is 7.50. The quantitative estimate of drug-likeness (QED) is 0.680. The van der Waals surface area contributed by atoms with Crippen LogP contribution in [0.3, 0.4) is 0 Å². The molecule has 0 N–H and O–H groups in total. The Bertz CT molecular complexity index is 545. The first-order chi connectivity index (χ1) is 10.2. The molecule has 1 aliphatic heterocycles. The average Bonchev–Trinajstić information content (AvgIpc) is 3.07. The molecule has 21 heavy (non-hydrogen) atoms. The molecule has 0 amide bonds. The lowest BCUT2D eigenvalue weighted by Gasteiger charge is -2.14. The lowest BCUT2D eigenvalue weighted by molar-refractivity contribution is 0.0433. The van der Waals surface area contributed by atoms with E-state index in [1.807, 2.05) is 0 Å². The highest BCUT2D eigenvalue weighted by atomic mass is 32.2. The van der Waals surface area contributed by atoms with E-state index in [-0.39, 0.29) is 5.97 Å². The van der Waals surface area contributed by atoms with Gasteiger partial charge in [-0.05, 0) is 17.9 Å². The zero-order valence-corrected chi connectivity index (χ0v) is 14.2. The highest BCUT2D eigenvalue weighted by Crippen LogP contribution is 2.40. The molecule has 2 heterocycles. The molecule has 0 spiro atoms. The number of hydrogen-bond acceptors (Lipinski definition) is 5. The molecule has 1 aromatic rings. The maximum Gasteiger partial charge on any atom is 0.349 e. The molecule has 114 valence electrons. The van der Waals surface area contributed by atoms with Gasteiger partial charge in [-0.1, -0.05) is 33.1 Å². The van der Waals surface area contributed by atoms with E-state index in [0.717, 1.165) is 29.9 Å². The molecular formula is C16H21NO2S2. The zero-order chi connectivity index (χ0) is 15.2. The smallest absolute Gasteiger partial charge is 0.349 e. The van der Waals surface area contributed by atoms with Gasteiger partial charge in [0, 0.05) is 16.4 Å². The van der Waals surface area contributed by atoms with Crippen LogP contribution in [0.5, 0.6) is 0 Å². The Balaban J connectivity index is 1.99. The van der Waals surface area contributed by atoms with Gasteiger partial charge < -0.3 is 4.74 Å². The van der Waals surface area contributed by atoms with Gasteiger partial charge in [0.25, 0.3) is 0 Å². The Hall–Kier alpha value is -0.990. The standard InChI is InChI=1S/C16H21NO2S2/c1-3-5-6-11(4-2)8-19-16(18)15-12(7-17)13-9-20-10-14(13)21-15/h11H,3-6,8-10H2,1-2H3. The molecule has 5 heteroatoms. The van der Waals surface area contributed by atoms with Crippen molar-refractivity contribution >= 4 is 29.1 Å². The number of rotatable bonds is 7. The Kier molecular flexibility index (Phi) is 6.13. The molecule has 0 bridgehead atoms. The van der Waals surface area contributed by atoms with E-state index >= 15 is 0 Å². The SMILES string of the molecule is CCCCC(CC)COC(=O)c1sc2c(c1C#N)CSC2. The third-order valence-electron chi connectivity index (χ3n) is 3.86. The van der Waals surface area contributed by atoms with Crippen LogP contribution in [0.4, 0.5) is 0 Å². The molecule has 0 fully saturated rings. The van der Waals surface area contributed by atoms with Crippen molar-refractivity contribution in [3.8, 4) is 6.07 Å². The zero-order valence-electron chi connectivity index (χ0n) is 12.6. The number of thiophene rings is 1. The van der Waals surface area contributed by atoms with Gasteiger partial charge in [-0.3, -0.25) is 0 Å². The predicted molar refractivity (Wildman–Crippen MR) is 87.6 cm³/mol. The van der Waals surface area contributed by atoms with Gasteiger partial charge in [0.15, 0.2) is 0 Å². The monoisotopic (exact) mass is 323 g/mol. The van der Waals surface area contributed by atoms with Crippen LogP contribution < -0.4 is 0 Å². The Labute approximate surface area is 134 Å². The molecule has 3 nitrogen and oxygen atoms in total. The maximum absolute atomic E-state index is 12.3. The largest absolute Gasteiger partial charge is 0.461 e. The minimum absolute atomic E-state index is 0.314. The third kappa shape index (κ3) is 3.81. The van der Waals surface area contributed by atoms with Crippen molar-refractivity contribution in [3.05, 3.63) is 20.9 Å². The maximum atomic E-state index is 12.3. The average molecular weight is 323 g/mol. The number of hydrogen-bond donors (Lipinski definition) is 0. The van der Waals surface area contributed by atoms with Crippen molar-refractivity contribution in [3.63, 3.8) is 0 Å². The predicted octanol–water partition coefficient (Wildman–Crippen LogP) is 4.74. The molecule has 0 saturated heterocycles. The highest BCUT2D eigenvalue weighted by Gasteiger charge is 2.27.